The molecule has 1 heterocycles. The average Bonchev–Trinajstić information content (AvgIpc) is 2.52. The Morgan fingerprint density at radius 3 is 3.15 bits per heavy atom. The lowest BCUT2D eigenvalue weighted by atomic mass is 10.2. The number of hydrogen-bond donors (Lipinski definition) is 1. The summed E-state index contributed by atoms with van der Waals surface area (Å²) in [6.45, 7) is 0. The number of aliphatic imine (C=N–C) groups is 1. The van der Waals surface area contributed by atoms with Gasteiger partial charge in [-0.05, 0) is 12.1 Å². The van der Waals surface area contributed by atoms with Crippen LogP contribution in [0, 0.1) is 0 Å². The van der Waals surface area contributed by atoms with E-state index in [-0.39, 0.29) is 0 Å². The van der Waals surface area contributed by atoms with Crippen LogP contribution in [0.1, 0.15) is 0 Å². The quantitative estimate of drug-likeness (QED) is 0.558. The molecule has 0 aliphatic heterocycles. The molecule has 0 saturated heterocycles. The van der Waals surface area contributed by atoms with E-state index in [1.165, 1.54) is 6.08 Å². The zero-order valence-electron chi connectivity index (χ0n) is 6.41. The first-order valence-electron chi connectivity index (χ1n) is 3.52. The number of nitrogens with one attached hydrogen (secondary N) is 1. The van der Waals surface area contributed by atoms with Gasteiger partial charge in [-0.25, -0.2) is 4.79 Å². The second kappa shape index (κ2) is 3.01. The van der Waals surface area contributed by atoms with E-state index in [0.29, 0.717) is 10.7 Å². The molecule has 0 fully saturated rings. The molecule has 0 spiro atoms. The van der Waals surface area contributed by atoms with Crippen LogP contribution in [0.5, 0.6) is 0 Å². The Hall–Kier alpha value is -1.64. The van der Waals surface area contributed by atoms with Gasteiger partial charge in [-0.2, -0.15) is 10.1 Å². The van der Waals surface area contributed by atoms with Crippen molar-refractivity contribution < 1.29 is 4.79 Å². The molecule has 2 rings (SSSR count). The maximum absolute atomic E-state index is 10.0. The van der Waals surface area contributed by atoms with Crippen LogP contribution >= 0.6 is 11.6 Å². The minimum atomic E-state index is 0.397. The van der Waals surface area contributed by atoms with E-state index < -0.39 is 0 Å². The minimum absolute atomic E-state index is 0.397. The third kappa shape index (κ3) is 1.33. The molecule has 0 amide bonds. The first-order chi connectivity index (χ1) is 6.31. The second-order valence-electron chi connectivity index (χ2n) is 2.46. The monoisotopic (exact) mass is 193 g/mol. The molecule has 5 heteroatoms. The summed E-state index contributed by atoms with van der Waals surface area (Å²) in [7, 11) is 0. The molecule has 0 radical (unpaired) electrons. The molecule has 0 unspecified atom stereocenters. The number of benzene rings is 1. The lowest BCUT2D eigenvalue weighted by molar-refractivity contribution is 0.565. The zero-order chi connectivity index (χ0) is 9.26. The summed E-state index contributed by atoms with van der Waals surface area (Å²) in [4.78, 5) is 13.5. The Kier molecular flexibility index (Phi) is 1.85. The Balaban J connectivity index is 2.75. The van der Waals surface area contributed by atoms with Crippen molar-refractivity contribution in [2.24, 2.45) is 4.99 Å². The topological polar surface area (TPSA) is 58.1 Å². The largest absolute Gasteiger partial charge is 0.278 e. The lowest BCUT2D eigenvalue weighted by Crippen LogP contribution is -1.71. The second-order valence-corrected chi connectivity index (χ2v) is 2.87. The summed E-state index contributed by atoms with van der Waals surface area (Å²) in [5.41, 5.74) is 1.19. The zero-order valence-corrected chi connectivity index (χ0v) is 7.17. The van der Waals surface area contributed by atoms with Crippen LogP contribution in [0.2, 0.25) is 5.02 Å². The number of H-pyrrole nitrogens is 1. The molecule has 0 aliphatic rings. The van der Waals surface area contributed by atoms with Gasteiger partial charge in [-0.15, -0.1) is 0 Å². The van der Waals surface area contributed by atoms with Gasteiger partial charge in [0.2, 0.25) is 6.08 Å². The van der Waals surface area contributed by atoms with Gasteiger partial charge in [-0.3, -0.25) is 5.10 Å². The fraction of sp³-hybridized carbons (Fsp3) is 0. The van der Waals surface area contributed by atoms with Gasteiger partial charge >= 0.3 is 0 Å². The van der Waals surface area contributed by atoms with Crippen molar-refractivity contribution in [3.05, 3.63) is 23.4 Å². The van der Waals surface area contributed by atoms with Gasteiger partial charge in [-0.1, -0.05) is 11.6 Å². The number of rotatable bonds is 1. The molecular weight excluding hydrogens is 190 g/mol. The number of aromatic amines is 1. The molecule has 0 atom stereocenters. The van der Waals surface area contributed by atoms with Crippen molar-refractivity contribution in [3.63, 3.8) is 0 Å². The van der Waals surface area contributed by atoms with Crippen LogP contribution in [0.15, 0.2) is 23.3 Å². The number of isocyanates is 1. The third-order valence-electron chi connectivity index (χ3n) is 1.67. The number of carbonyl (C=O) groups excluding carboxylic acids is 1. The van der Waals surface area contributed by atoms with Crippen LogP contribution in [0.25, 0.3) is 10.9 Å². The number of halogens is 1. The van der Waals surface area contributed by atoms with Gasteiger partial charge in [0.05, 0.1) is 22.4 Å². The summed E-state index contributed by atoms with van der Waals surface area (Å²) in [6.07, 6.45) is 3.09. The van der Waals surface area contributed by atoms with Crippen LogP contribution in [-0.2, 0) is 4.79 Å². The summed E-state index contributed by atoms with van der Waals surface area (Å²) in [5, 5.41) is 7.87. The average molecular weight is 194 g/mol. The van der Waals surface area contributed by atoms with Crippen molar-refractivity contribution in [2.45, 2.75) is 0 Å². The molecular formula is C8H4ClN3O. The summed E-state index contributed by atoms with van der Waals surface area (Å²) >= 11 is 5.82. The fourth-order valence-electron chi connectivity index (χ4n) is 1.09. The highest BCUT2D eigenvalue weighted by atomic mass is 35.5. The number of hydrogen-bond acceptors (Lipinski definition) is 3. The fourth-order valence-corrected chi connectivity index (χ4v) is 1.30. The molecule has 1 aromatic heterocycles. The van der Waals surface area contributed by atoms with E-state index in [4.69, 9.17) is 11.6 Å². The lowest BCUT2D eigenvalue weighted by Gasteiger charge is -1.94. The van der Waals surface area contributed by atoms with E-state index in [1.54, 1.807) is 18.3 Å². The molecule has 0 bridgehead atoms. The molecule has 0 aliphatic carbocycles. The summed E-state index contributed by atoms with van der Waals surface area (Å²) in [6, 6.07) is 3.34. The summed E-state index contributed by atoms with van der Waals surface area (Å²) in [5.74, 6) is 0. The summed E-state index contributed by atoms with van der Waals surface area (Å²) < 4.78 is 0. The van der Waals surface area contributed by atoms with Crippen LogP contribution in [0.4, 0.5) is 5.69 Å². The Morgan fingerprint density at radius 2 is 2.38 bits per heavy atom. The van der Waals surface area contributed by atoms with Gasteiger partial charge in [0.1, 0.15) is 0 Å². The van der Waals surface area contributed by atoms with Crippen molar-refractivity contribution in [1.29, 1.82) is 0 Å². The van der Waals surface area contributed by atoms with Gasteiger partial charge in [0, 0.05) is 5.39 Å². The van der Waals surface area contributed by atoms with Gasteiger partial charge < -0.3 is 0 Å². The predicted molar refractivity (Wildman–Crippen MR) is 48.9 cm³/mol. The molecule has 64 valence electrons. The first kappa shape index (κ1) is 7.98. The van der Waals surface area contributed by atoms with Crippen molar-refractivity contribution in [2.75, 3.05) is 0 Å². The minimum Gasteiger partial charge on any atom is -0.278 e. The van der Waals surface area contributed by atoms with E-state index in [0.717, 1.165) is 10.9 Å². The predicted octanol–water partition coefficient (Wildman–Crippen LogP) is 2.18. The molecule has 13 heavy (non-hydrogen) atoms. The third-order valence-corrected chi connectivity index (χ3v) is 1.98. The Morgan fingerprint density at radius 1 is 1.54 bits per heavy atom. The molecule has 1 aromatic carbocycles. The Labute approximate surface area is 78.2 Å². The van der Waals surface area contributed by atoms with E-state index >= 15 is 0 Å². The SMILES string of the molecule is O=C=Nc1cc2[nH]ncc2cc1Cl. The van der Waals surface area contributed by atoms with E-state index in [2.05, 4.69) is 15.2 Å². The van der Waals surface area contributed by atoms with Crippen LogP contribution in [0.3, 0.4) is 0 Å². The van der Waals surface area contributed by atoms with E-state index in [1.807, 2.05) is 0 Å². The van der Waals surface area contributed by atoms with E-state index in [9.17, 15) is 4.79 Å². The maximum Gasteiger partial charge on any atom is 0.240 e. The highest BCUT2D eigenvalue weighted by molar-refractivity contribution is 6.33. The van der Waals surface area contributed by atoms with Crippen LogP contribution < -0.4 is 0 Å². The smallest absolute Gasteiger partial charge is 0.240 e. The Bertz CT molecular complexity index is 499. The first-order valence-corrected chi connectivity index (χ1v) is 3.89. The number of aromatic nitrogens is 2. The number of fused-ring (bicyclic) bond motifs is 1. The molecule has 1 N–H and O–H groups in total. The van der Waals surface area contributed by atoms with Gasteiger partial charge in [0.25, 0.3) is 0 Å². The van der Waals surface area contributed by atoms with Crippen molar-refractivity contribution >= 4 is 34.3 Å². The van der Waals surface area contributed by atoms with Crippen LogP contribution in [-0.4, -0.2) is 16.3 Å². The maximum atomic E-state index is 10.0. The molecule has 4 nitrogen and oxygen atoms in total. The van der Waals surface area contributed by atoms with Crippen molar-refractivity contribution in [3.8, 4) is 0 Å². The highest BCUT2D eigenvalue weighted by Gasteiger charge is 2.02. The standard InChI is InChI=1S/C8H4ClN3O/c9-6-1-5-3-11-12-7(5)2-8(6)10-4-13/h1-3H,(H,11,12). The number of nitrogens with zero attached hydrogens (tertiary/aromatic N) is 2. The highest BCUT2D eigenvalue weighted by Crippen LogP contribution is 2.28. The van der Waals surface area contributed by atoms with Crippen molar-refractivity contribution in [1.82, 2.24) is 10.2 Å². The molecule has 2 aromatic rings. The normalized spacial score (nSPS) is 9.92. The molecule has 0 saturated carbocycles. The van der Waals surface area contributed by atoms with Gasteiger partial charge in [0.15, 0.2) is 0 Å².